The molecule has 0 bridgehead atoms. The van der Waals surface area contributed by atoms with Crippen molar-refractivity contribution >= 4 is 15.5 Å². The summed E-state index contributed by atoms with van der Waals surface area (Å²) < 4.78 is 60.2. The monoisotopic (exact) mass is 345 g/mol. The van der Waals surface area contributed by atoms with E-state index in [-0.39, 0.29) is 6.54 Å². The average Bonchev–Trinajstić information content (AvgIpc) is 2.53. The lowest BCUT2D eigenvalue weighted by molar-refractivity contribution is 0.191. The van der Waals surface area contributed by atoms with Gasteiger partial charge in [-0.3, -0.25) is 0 Å². The predicted octanol–water partition coefficient (Wildman–Crippen LogP) is 2.97. The molecule has 124 valence electrons. The number of hydrogen-bond donors (Lipinski definition) is 2. The molecule has 0 aliphatic heterocycles. The van der Waals surface area contributed by atoms with Crippen molar-refractivity contribution in [2.75, 3.05) is 11.9 Å². The van der Waals surface area contributed by atoms with E-state index in [0.29, 0.717) is 11.3 Å². The first-order valence-electron chi connectivity index (χ1n) is 6.60. The van der Waals surface area contributed by atoms with Crippen molar-refractivity contribution in [1.29, 1.82) is 0 Å². The Bertz CT molecular complexity index is 747. The highest BCUT2D eigenvalue weighted by Crippen LogP contribution is 2.21. The second-order valence-electron chi connectivity index (χ2n) is 4.78. The SMILES string of the molecule is O=S(=O)(c1ccc(NC[C@H](O)c2ccc(F)cc2)cc1)C(F)F. The van der Waals surface area contributed by atoms with E-state index >= 15 is 0 Å². The Morgan fingerprint density at radius 3 is 2.09 bits per heavy atom. The Hall–Kier alpha value is -2.06. The van der Waals surface area contributed by atoms with Crippen LogP contribution in [0.15, 0.2) is 53.4 Å². The van der Waals surface area contributed by atoms with Gasteiger partial charge in [0.2, 0.25) is 9.84 Å². The molecule has 2 rings (SSSR count). The molecule has 1 atom stereocenters. The number of aliphatic hydroxyl groups is 1. The van der Waals surface area contributed by atoms with E-state index in [2.05, 4.69) is 5.32 Å². The highest BCUT2D eigenvalue weighted by atomic mass is 32.2. The predicted molar refractivity (Wildman–Crippen MR) is 79.5 cm³/mol. The molecule has 23 heavy (non-hydrogen) atoms. The van der Waals surface area contributed by atoms with Crippen LogP contribution in [-0.2, 0) is 9.84 Å². The molecule has 4 nitrogen and oxygen atoms in total. The number of sulfone groups is 1. The third-order valence-corrected chi connectivity index (χ3v) is 4.57. The van der Waals surface area contributed by atoms with Crippen molar-refractivity contribution < 1.29 is 26.7 Å². The maximum atomic E-state index is 12.8. The molecule has 0 heterocycles. The molecule has 2 aromatic carbocycles. The van der Waals surface area contributed by atoms with Crippen LogP contribution in [0.2, 0.25) is 0 Å². The molecule has 8 heteroatoms. The van der Waals surface area contributed by atoms with Crippen LogP contribution >= 0.6 is 0 Å². The minimum absolute atomic E-state index is 0.0899. The van der Waals surface area contributed by atoms with E-state index < -0.39 is 32.4 Å². The molecule has 0 fully saturated rings. The largest absolute Gasteiger partial charge is 0.387 e. The van der Waals surface area contributed by atoms with Crippen LogP contribution in [0.1, 0.15) is 11.7 Å². The second kappa shape index (κ2) is 7.01. The van der Waals surface area contributed by atoms with Crippen molar-refractivity contribution in [3.63, 3.8) is 0 Å². The molecule has 0 radical (unpaired) electrons. The highest BCUT2D eigenvalue weighted by Gasteiger charge is 2.26. The maximum absolute atomic E-state index is 12.8. The number of halogens is 3. The minimum atomic E-state index is -4.62. The van der Waals surface area contributed by atoms with Crippen LogP contribution in [0.25, 0.3) is 0 Å². The number of nitrogens with one attached hydrogen (secondary N) is 1. The maximum Gasteiger partial charge on any atom is 0.341 e. The third kappa shape index (κ3) is 4.23. The minimum Gasteiger partial charge on any atom is -0.387 e. The Labute approximate surface area is 131 Å². The molecule has 0 saturated heterocycles. The molecule has 0 amide bonds. The number of aliphatic hydroxyl groups excluding tert-OH is 1. The summed E-state index contributed by atoms with van der Waals surface area (Å²) in [6.45, 7) is 0.0899. The number of hydrogen-bond acceptors (Lipinski definition) is 4. The van der Waals surface area contributed by atoms with Crippen LogP contribution in [-0.4, -0.2) is 25.8 Å². The lowest BCUT2D eigenvalue weighted by Gasteiger charge is -2.13. The van der Waals surface area contributed by atoms with Crippen LogP contribution in [0.4, 0.5) is 18.9 Å². The zero-order chi connectivity index (χ0) is 17.0. The molecule has 0 aliphatic carbocycles. The fraction of sp³-hybridized carbons (Fsp3) is 0.200. The summed E-state index contributed by atoms with van der Waals surface area (Å²) in [6, 6.07) is 10.1. The number of alkyl halides is 2. The Balaban J connectivity index is 2.00. The van der Waals surface area contributed by atoms with Gasteiger partial charge in [-0.25, -0.2) is 12.8 Å². The normalized spacial score (nSPS) is 13.1. The quantitative estimate of drug-likeness (QED) is 0.845. The van der Waals surface area contributed by atoms with Gasteiger partial charge in [-0.1, -0.05) is 12.1 Å². The van der Waals surface area contributed by atoms with Gasteiger partial charge in [0.15, 0.2) is 0 Å². The van der Waals surface area contributed by atoms with Gasteiger partial charge in [-0.15, -0.1) is 0 Å². The molecule has 0 unspecified atom stereocenters. The summed E-state index contributed by atoms with van der Waals surface area (Å²) >= 11 is 0. The highest BCUT2D eigenvalue weighted by molar-refractivity contribution is 7.91. The van der Waals surface area contributed by atoms with E-state index in [1.807, 2.05) is 0 Å². The van der Waals surface area contributed by atoms with Gasteiger partial charge in [-0.2, -0.15) is 8.78 Å². The molecule has 0 aromatic heterocycles. The Morgan fingerprint density at radius 1 is 1.00 bits per heavy atom. The van der Waals surface area contributed by atoms with Crippen molar-refractivity contribution in [1.82, 2.24) is 0 Å². The lowest BCUT2D eigenvalue weighted by atomic mass is 10.1. The lowest BCUT2D eigenvalue weighted by Crippen LogP contribution is -2.13. The van der Waals surface area contributed by atoms with Gasteiger partial charge >= 0.3 is 5.76 Å². The molecule has 0 saturated carbocycles. The second-order valence-corrected chi connectivity index (χ2v) is 6.70. The molecular weight excluding hydrogens is 331 g/mol. The fourth-order valence-corrected chi connectivity index (χ4v) is 2.60. The van der Waals surface area contributed by atoms with Gasteiger partial charge in [0.05, 0.1) is 11.0 Å². The zero-order valence-corrected chi connectivity index (χ0v) is 12.6. The van der Waals surface area contributed by atoms with Crippen molar-refractivity contribution in [3.05, 3.63) is 59.9 Å². The molecular formula is C15H14F3NO3S. The smallest absolute Gasteiger partial charge is 0.341 e. The molecule has 0 aliphatic rings. The van der Waals surface area contributed by atoms with Crippen molar-refractivity contribution in [2.24, 2.45) is 0 Å². The van der Waals surface area contributed by atoms with Gasteiger partial charge in [0, 0.05) is 12.2 Å². The van der Waals surface area contributed by atoms with Crippen LogP contribution in [0.5, 0.6) is 0 Å². The molecule has 2 N–H and O–H groups in total. The van der Waals surface area contributed by atoms with Crippen LogP contribution < -0.4 is 5.32 Å². The van der Waals surface area contributed by atoms with Crippen molar-refractivity contribution in [3.8, 4) is 0 Å². The first-order valence-corrected chi connectivity index (χ1v) is 8.15. The molecule has 0 spiro atoms. The van der Waals surface area contributed by atoms with Gasteiger partial charge < -0.3 is 10.4 Å². The summed E-state index contributed by atoms with van der Waals surface area (Å²) in [6.07, 6.45) is -0.903. The summed E-state index contributed by atoms with van der Waals surface area (Å²) in [7, 11) is -4.62. The van der Waals surface area contributed by atoms with Crippen LogP contribution in [0.3, 0.4) is 0 Å². The number of rotatable bonds is 6. The van der Waals surface area contributed by atoms with E-state index in [1.54, 1.807) is 0 Å². The summed E-state index contributed by atoms with van der Waals surface area (Å²) in [5, 5.41) is 12.8. The fourth-order valence-electron chi connectivity index (χ4n) is 1.88. The van der Waals surface area contributed by atoms with Crippen LogP contribution in [0, 0.1) is 5.82 Å². The van der Waals surface area contributed by atoms with Gasteiger partial charge in [0.1, 0.15) is 5.82 Å². The summed E-state index contributed by atoms with van der Waals surface area (Å²) in [5.41, 5.74) is 0.968. The van der Waals surface area contributed by atoms with E-state index in [0.717, 1.165) is 12.1 Å². The topological polar surface area (TPSA) is 66.4 Å². The van der Waals surface area contributed by atoms with Gasteiger partial charge in [0.25, 0.3) is 0 Å². The first kappa shape index (κ1) is 17.3. The molecule has 2 aromatic rings. The van der Waals surface area contributed by atoms with E-state index in [4.69, 9.17) is 0 Å². The third-order valence-electron chi connectivity index (χ3n) is 3.17. The van der Waals surface area contributed by atoms with Crippen molar-refractivity contribution in [2.45, 2.75) is 16.8 Å². The van der Waals surface area contributed by atoms with E-state index in [9.17, 15) is 26.7 Å². The Kier molecular flexibility index (Phi) is 5.27. The number of anilines is 1. The standard InChI is InChI=1S/C15H14F3NO3S/c16-11-3-1-10(2-4-11)14(20)9-19-12-5-7-13(8-6-12)23(21,22)15(17)18/h1-8,14-15,19-20H,9H2/t14-/m0/s1. The summed E-state index contributed by atoms with van der Waals surface area (Å²) in [5.74, 6) is -3.88. The average molecular weight is 345 g/mol. The first-order chi connectivity index (χ1) is 10.8. The Morgan fingerprint density at radius 2 is 1.57 bits per heavy atom. The zero-order valence-electron chi connectivity index (χ0n) is 11.8. The number of benzene rings is 2. The van der Waals surface area contributed by atoms with Gasteiger partial charge in [-0.05, 0) is 42.0 Å². The van der Waals surface area contributed by atoms with E-state index in [1.165, 1.54) is 36.4 Å². The summed E-state index contributed by atoms with van der Waals surface area (Å²) in [4.78, 5) is -0.475.